The van der Waals surface area contributed by atoms with Gasteiger partial charge in [0.25, 0.3) is 5.56 Å². The maximum absolute atomic E-state index is 13.5. The number of nitrogens with one attached hydrogen (secondary N) is 1. The molecule has 0 fully saturated rings. The van der Waals surface area contributed by atoms with Gasteiger partial charge in [0.15, 0.2) is 0 Å². The van der Waals surface area contributed by atoms with E-state index in [1.807, 2.05) is 0 Å². The SMILES string of the molecule is O=c1c2cnc3ccc(F)cc3c2[nH]n1-c1cccnc1. The van der Waals surface area contributed by atoms with E-state index in [0.29, 0.717) is 27.5 Å². The van der Waals surface area contributed by atoms with Gasteiger partial charge in [-0.3, -0.25) is 19.9 Å². The van der Waals surface area contributed by atoms with Crippen molar-refractivity contribution in [1.82, 2.24) is 19.7 Å². The highest BCUT2D eigenvalue weighted by molar-refractivity contribution is 6.02. The normalized spacial score (nSPS) is 11.3. The number of nitrogens with zero attached hydrogens (tertiary/aromatic N) is 3. The molecule has 0 spiro atoms. The summed E-state index contributed by atoms with van der Waals surface area (Å²) in [4.78, 5) is 20.6. The molecular weight excluding hydrogens is 271 g/mol. The van der Waals surface area contributed by atoms with Gasteiger partial charge in [0, 0.05) is 17.8 Å². The quantitative estimate of drug-likeness (QED) is 0.582. The van der Waals surface area contributed by atoms with Crippen LogP contribution >= 0.6 is 0 Å². The second kappa shape index (κ2) is 4.24. The Morgan fingerprint density at radius 1 is 1.14 bits per heavy atom. The average molecular weight is 280 g/mol. The van der Waals surface area contributed by atoms with Crippen molar-refractivity contribution in [2.24, 2.45) is 0 Å². The highest BCUT2D eigenvalue weighted by Gasteiger charge is 2.12. The van der Waals surface area contributed by atoms with Gasteiger partial charge in [0.05, 0.1) is 28.3 Å². The molecule has 21 heavy (non-hydrogen) atoms. The zero-order chi connectivity index (χ0) is 14.4. The fourth-order valence-corrected chi connectivity index (χ4v) is 2.40. The van der Waals surface area contributed by atoms with Crippen LogP contribution in [-0.2, 0) is 0 Å². The number of hydrogen-bond donors (Lipinski definition) is 1. The molecule has 0 amide bonds. The van der Waals surface area contributed by atoms with E-state index in [9.17, 15) is 9.18 Å². The molecule has 6 heteroatoms. The van der Waals surface area contributed by atoms with Crippen molar-refractivity contribution < 1.29 is 4.39 Å². The second-order valence-corrected chi connectivity index (χ2v) is 4.67. The summed E-state index contributed by atoms with van der Waals surface area (Å²) in [5, 5.41) is 4.00. The summed E-state index contributed by atoms with van der Waals surface area (Å²) in [7, 11) is 0. The van der Waals surface area contributed by atoms with Crippen molar-refractivity contribution in [2.75, 3.05) is 0 Å². The number of benzene rings is 1. The first-order chi connectivity index (χ1) is 10.2. The van der Waals surface area contributed by atoms with Crippen molar-refractivity contribution in [3.63, 3.8) is 0 Å². The highest BCUT2D eigenvalue weighted by Crippen LogP contribution is 2.21. The van der Waals surface area contributed by atoms with Gasteiger partial charge in [0.1, 0.15) is 5.82 Å². The number of fused-ring (bicyclic) bond motifs is 3. The van der Waals surface area contributed by atoms with Crippen molar-refractivity contribution in [3.05, 3.63) is 65.1 Å². The van der Waals surface area contributed by atoms with Gasteiger partial charge in [-0.2, -0.15) is 0 Å². The molecule has 0 aliphatic heterocycles. The van der Waals surface area contributed by atoms with Gasteiger partial charge in [-0.15, -0.1) is 0 Å². The number of rotatable bonds is 1. The summed E-state index contributed by atoms with van der Waals surface area (Å²) in [6.07, 6.45) is 4.71. The lowest BCUT2D eigenvalue weighted by Crippen LogP contribution is -2.14. The Hall–Kier alpha value is -3.02. The Kier molecular flexibility index (Phi) is 2.38. The zero-order valence-corrected chi connectivity index (χ0v) is 10.7. The lowest BCUT2D eigenvalue weighted by atomic mass is 10.2. The molecule has 1 N–H and O–H groups in total. The predicted molar refractivity (Wildman–Crippen MR) is 76.9 cm³/mol. The molecule has 5 nitrogen and oxygen atoms in total. The van der Waals surface area contributed by atoms with Gasteiger partial charge in [0.2, 0.25) is 0 Å². The minimum absolute atomic E-state index is 0.239. The van der Waals surface area contributed by atoms with E-state index in [-0.39, 0.29) is 11.4 Å². The van der Waals surface area contributed by atoms with Crippen molar-refractivity contribution in [1.29, 1.82) is 0 Å². The molecule has 0 radical (unpaired) electrons. The Morgan fingerprint density at radius 3 is 2.86 bits per heavy atom. The number of pyridine rings is 2. The van der Waals surface area contributed by atoms with E-state index >= 15 is 0 Å². The maximum atomic E-state index is 13.5. The molecule has 4 aromatic rings. The molecule has 0 bridgehead atoms. The first-order valence-electron chi connectivity index (χ1n) is 6.33. The summed E-state index contributed by atoms with van der Waals surface area (Å²) in [6.45, 7) is 0. The van der Waals surface area contributed by atoms with Crippen LogP contribution in [0.25, 0.3) is 27.5 Å². The van der Waals surface area contributed by atoms with Crippen LogP contribution < -0.4 is 5.56 Å². The lowest BCUT2D eigenvalue weighted by molar-refractivity contribution is 0.629. The molecule has 0 saturated carbocycles. The molecule has 0 aliphatic rings. The summed E-state index contributed by atoms with van der Waals surface area (Å²) >= 11 is 0. The summed E-state index contributed by atoms with van der Waals surface area (Å²) < 4.78 is 14.8. The highest BCUT2D eigenvalue weighted by atomic mass is 19.1. The van der Waals surface area contributed by atoms with E-state index < -0.39 is 0 Å². The van der Waals surface area contributed by atoms with Crippen molar-refractivity contribution in [3.8, 4) is 5.69 Å². The summed E-state index contributed by atoms with van der Waals surface area (Å²) in [6, 6.07) is 7.80. The predicted octanol–water partition coefficient (Wildman–Crippen LogP) is 2.40. The Morgan fingerprint density at radius 2 is 2.05 bits per heavy atom. The van der Waals surface area contributed by atoms with Crippen molar-refractivity contribution >= 4 is 21.8 Å². The van der Waals surface area contributed by atoms with Gasteiger partial charge in [-0.1, -0.05) is 0 Å². The smallest absolute Gasteiger partial charge is 0.280 e. The number of halogens is 1. The minimum Gasteiger partial charge on any atom is -0.289 e. The fraction of sp³-hybridized carbons (Fsp3) is 0. The summed E-state index contributed by atoms with van der Waals surface area (Å²) in [5.74, 6) is -0.369. The van der Waals surface area contributed by atoms with E-state index in [1.165, 1.54) is 23.0 Å². The Balaban J connectivity index is 2.13. The van der Waals surface area contributed by atoms with Crippen LogP contribution in [0.2, 0.25) is 0 Å². The molecule has 1 aromatic carbocycles. The topological polar surface area (TPSA) is 63.6 Å². The molecular formula is C15H9FN4O. The molecule has 0 aliphatic carbocycles. The Bertz CT molecular complexity index is 1020. The summed E-state index contributed by atoms with van der Waals surface area (Å²) in [5.41, 5.74) is 1.57. The molecule has 0 unspecified atom stereocenters. The van der Waals surface area contributed by atoms with Crippen LogP contribution in [0.3, 0.4) is 0 Å². The van der Waals surface area contributed by atoms with E-state index in [2.05, 4.69) is 15.1 Å². The van der Waals surface area contributed by atoms with Gasteiger partial charge >= 0.3 is 0 Å². The van der Waals surface area contributed by atoms with Crippen LogP contribution in [0.15, 0.2) is 53.7 Å². The molecule has 102 valence electrons. The molecule has 0 atom stereocenters. The van der Waals surface area contributed by atoms with Gasteiger partial charge in [-0.25, -0.2) is 9.07 Å². The third kappa shape index (κ3) is 1.73. The number of hydrogen-bond acceptors (Lipinski definition) is 3. The number of H-pyrrole nitrogens is 1. The van der Waals surface area contributed by atoms with Crippen molar-refractivity contribution in [2.45, 2.75) is 0 Å². The van der Waals surface area contributed by atoms with Crippen LogP contribution in [0.5, 0.6) is 0 Å². The molecule has 3 aromatic heterocycles. The third-order valence-corrected chi connectivity index (χ3v) is 3.39. The largest absolute Gasteiger partial charge is 0.289 e. The maximum Gasteiger partial charge on any atom is 0.280 e. The van der Waals surface area contributed by atoms with Gasteiger partial charge < -0.3 is 0 Å². The fourth-order valence-electron chi connectivity index (χ4n) is 2.40. The lowest BCUT2D eigenvalue weighted by Gasteiger charge is -1.99. The van der Waals surface area contributed by atoms with Crippen LogP contribution in [0.1, 0.15) is 0 Å². The van der Waals surface area contributed by atoms with E-state index in [1.54, 1.807) is 30.6 Å². The van der Waals surface area contributed by atoms with E-state index in [4.69, 9.17) is 0 Å². The standard InChI is InChI=1S/C15H9FN4O/c16-9-3-4-13-11(6-9)14-12(8-18-13)15(21)20(19-14)10-2-1-5-17-7-10/h1-8,19H. The molecule has 0 saturated heterocycles. The van der Waals surface area contributed by atoms with Crippen LogP contribution in [0, 0.1) is 5.82 Å². The molecule has 3 heterocycles. The minimum atomic E-state index is -0.369. The number of aromatic nitrogens is 4. The monoisotopic (exact) mass is 280 g/mol. The van der Waals surface area contributed by atoms with Gasteiger partial charge in [-0.05, 0) is 30.3 Å². The van der Waals surface area contributed by atoms with E-state index in [0.717, 1.165) is 0 Å². The first-order valence-corrected chi connectivity index (χ1v) is 6.33. The van der Waals surface area contributed by atoms with Crippen LogP contribution in [-0.4, -0.2) is 19.7 Å². The Labute approximate surface area is 117 Å². The average Bonchev–Trinajstić information content (AvgIpc) is 2.86. The third-order valence-electron chi connectivity index (χ3n) is 3.39. The molecule has 4 rings (SSSR count). The first kappa shape index (κ1) is 11.8. The number of aromatic amines is 1. The van der Waals surface area contributed by atoms with Crippen LogP contribution in [0.4, 0.5) is 4.39 Å². The second-order valence-electron chi connectivity index (χ2n) is 4.67. The zero-order valence-electron chi connectivity index (χ0n) is 10.7.